The summed E-state index contributed by atoms with van der Waals surface area (Å²) in [5.41, 5.74) is 1.23. The Labute approximate surface area is 172 Å². The van der Waals surface area contributed by atoms with E-state index >= 15 is 0 Å². The lowest BCUT2D eigenvalue weighted by Crippen LogP contribution is -2.45. The van der Waals surface area contributed by atoms with E-state index in [2.05, 4.69) is 40.9 Å². The van der Waals surface area contributed by atoms with Crippen LogP contribution in [0.1, 0.15) is 25.3 Å². The van der Waals surface area contributed by atoms with Gasteiger partial charge >= 0.3 is 0 Å². The van der Waals surface area contributed by atoms with E-state index in [1.165, 1.54) is 5.56 Å². The lowest BCUT2D eigenvalue weighted by molar-refractivity contribution is 0.287. The van der Waals surface area contributed by atoms with E-state index in [0.29, 0.717) is 12.5 Å². The van der Waals surface area contributed by atoms with Gasteiger partial charge in [-0.25, -0.2) is 4.98 Å². The summed E-state index contributed by atoms with van der Waals surface area (Å²) in [6, 6.07) is 8.15. The average Bonchev–Trinajstić information content (AvgIpc) is 2.74. The van der Waals surface area contributed by atoms with E-state index in [-0.39, 0.29) is 0 Å². The summed E-state index contributed by atoms with van der Waals surface area (Å²) in [5.74, 6) is 3.19. The molecule has 1 aromatic carbocycles. The molecular formula is C21H30N4O2S. The molecule has 2 heterocycles. The third-order valence-corrected chi connectivity index (χ3v) is 5.85. The van der Waals surface area contributed by atoms with Gasteiger partial charge in [0.05, 0.1) is 18.6 Å². The Hall–Kier alpha value is -1.99. The molecule has 152 valence electrons. The minimum Gasteiger partial charge on any atom is -0.497 e. The Kier molecular flexibility index (Phi) is 7.80. The number of hydrogen-bond acceptors (Lipinski definition) is 7. The van der Waals surface area contributed by atoms with Crippen LogP contribution in [0.3, 0.4) is 0 Å². The highest BCUT2D eigenvalue weighted by Gasteiger charge is 2.19. The molecule has 1 fully saturated rings. The third-order valence-electron chi connectivity index (χ3n) is 4.79. The monoisotopic (exact) mass is 402 g/mol. The number of nitrogens with zero attached hydrogens (tertiary/aromatic N) is 4. The van der Waals surface area contributed by atoms with Crippen molar-refractivity contribution in [3.05, 3.63) is 36.0 Å². The predicted molar refractivity (Wildman–Crippen MR) is 115 cm³/mol. The Balaban J connectivity index is 1.70. The fourth-order valence-corrected chi connectivity index (χ4v) is 3.77. The Morgan fingerprint density at radius 3 is 2.54 bits per heavy atom. The molecule has 28 heavy (non-hydrogen) atoms. The van der Waals surface area contributed by atoms with Gasteiger partial charge in [0, 0.05) is 38.1 Å². The molecule has 1 saturated heterocycles. The van der Waals surface area contributed by atoms with Crippen molar-refractivity contribution >= 4 is 17.7 Å². The molecule has 1 aliphatic rings. The van der Waals surface area contributed by atoms with Gasteiger partial charge in [-0.2, -0.15) is 4.98 Å². The number of piperazine rings is 1. The first kappa shape index (κ1) is 20.7. The van der Waals surface area contributed by atoms with Crippen molar-refractivity contribution in [1.29, 1.82) is 0 Å². The molecule has 0 spiro atoms. The molecule has 0 atom stereocenters. The van der Waals surface area contributed by atoms with Gasteiger partial charge in [-0.3, -0.25) is 0 Å². The fourth-order valence-electron chi connectivity index (χ4n) is 2.90. The summed E-state index contributed by atoms with van der Waals surface area (Å²) < 4.78 is 11.3. The summed E-state index contributed by atoms with van der Waals surface area (Å²) >= 11 is 1.71. The van der Waals surface area contributed by atoms with Crippen LogP contribution in [0.15, 0.2) is 35.4 Å². The number of rotatable bonds is 9. The van der Waals surface area contributed by atoms with Crippen LogP contribution >= 0.6 is 11.8 Å². The average molecular weight is 403 g/mol. The van der Waals surface area contributed by atoms with Crippen LogP contribution in [-0.4, -0.2) is 61.8 Å². The summed E-state index contributed by atoms with van der Waals surface area (Å²) in [6.07, 6.45) is 4.04. The van der Waals surface area contributed by atoms with Gasteiger partial charge in [0.15, 0.2) is 0 Å². The first-order valence-corrected chi connectivity index (χ1v) is 10.9. The van der Waals surface area contributed by atoms with Crippen molar-refractivity contribution in [3.8, 4) is 11.6 Å². The minimum atomic E-state index is 0.686. The van der Waals surface area contributed by atoms with Crippen LogP contribution in [0.25, 0.3) is 0 Å². The van der Waals surface area contributed by atoms with Crippen molar-refractivity contribution in [3.63, 3.8) is 0 Å². The van der Waals surface area contributed by atoms with E-state index in [0.717, 1.165) is 61.4 Å². The zero-order valence-corrected chi connectivity index (χ0v) is 17.9. The number of ether oxygens (including phenoxy) is 2. The van der Waals surface area contributed by atoms with E-state index in [4.69, 9.17) is 14.5 Å². The van der Waals surface area contributed by atoms with E-state index in [1.54, 1.807) is 18.9 Å². The van der Waals surface area contributed by atoms with E-state index in [9.17, 15) is 0 Å². The van der Waals surface area contributed by atoms with Crippen molar-refractivity contribution in [2.24, 2.45) is 0 Å². The van der Waals surface area contributed by atoms with Gasteiger partial charge < -0.3 is 19.3 Å². The smallest absolute Gasteiger partial charge is 0.232 e. The van der Waals surface area contributed by atoms with Crippen LogP contribution in [0.2, 0.25) is 0 Å². The van der Waals surface area contributed by atoms with Crippen molar-refractivity contribution < 1.29 is 9.47 Å². The number of benzene rings is 1. The molecule has 0 saturated carbocycles. The van der Waals surface area contributed by atoms with Gasteiger partial charge in [-0.15, -0.1) is 11.8 Å². The second-order valence-electron chi connectivity index (χ2n) is 6.97. The van der Waals surface area contributed by atoms with Crippen LogP contribution in [0.5, 0.6) is 11.6 Å². The largest absolute Gasteiger partial charge is 0.497 e. The van der Waals surface area contributed by atoms with Gasteiger partial charge in [0.25, 0.3) is 0 Å². The molecule has 0 unspecified atom stereocenters. The van der Waals surface area contributed by atoms with E-state index < -0.39 is 0 Å². The van der Waals surface area contributed by atoms with E-state index in [1.807, 2.05) is 18.3 Å². The molecule has 0 bridgehead atoms. The Morgan fingerprint density at radius 2 is 1.86 bits per heavy atom. The van der Waals surface area contributed by atoms with Gasteiger partial charge in [-0.05, 0) is 31.2 Å². The Bertz CT molecular complexity index is 734. The quantitative estimate of drug-likeness (QED) is 0.468. The maximum atomic E-state index is 6.03. The number of hydrogen-bond donors (Lipinski definition) is 0. The molecule has 3 rings (SSSR count). The topological polar surface area (TPSA) is 50.7 Å². The molecule has 0 aliphatic carbocycles. The van der Waals surface area contributed by atoms with Gasteiger partial charge in [0.1, 0.15) is 5.75 Å². The van der Waals surface area contributed by atoms with Crippen molar-refractivity contribution in [2.45, 2.75) is 30.4 Å². The number of thioether (sulfide) groups is 1. The highest BCUT2D eigenvalue weighted by atomic mass is 32.2. The standard InChI is InChI=1S/C21H30N4O2S/c1-4-5-14-27-20-19(28-16-17-6-8-18(26-3)9-7-17)15-22-21(23-20)25-12-10-24(2)11-13-25/h6-9,15H,4-5,10-14,16H2,1-3H3. The van der Waals surface area contributed by atoms with Gasteiger partial charge in [-0.1, -0.05) is 25.5 Å². The fraction of sp³-hybridized carbons (Fsp3) is 0.524. The predicted octanol–water partition coefficient (Wildman–Crippen LogP) is 3.71. The third kappa shape index (κ3) is 5.75. The highest BCUT2D eigenvalue weighted by Crippen LogP contribution is 2.31. The number of methoxy groups -OCH3 is 1. The minimum absolute atomic E-state index is 0.686. The first-order chi connectivity index (χ1) is 13.7. The van der Waals surface area contributed by atoms with Crippen LogP contribution in [0.4, 0.5) is 5.95 Å². The van der Waals surface area contributed by atoms with Crippen molar-refractivity contribution in [2.75, 3.05) is 51.8 Å². The molecule has 2 aromatic rings. The first-order valence-electron chi connectivity index (χ1n) is 9.88. The van der Waals surface area contributed by atoms with Crippen LogP contribution in [0, 0.1) is 0 Å². The second-order valence-corrected chi connectivity index (χ2v) is 7.99. The zero-order chi connectivity index (χ0) is 19.8. The maximum Gasteiger partial charge on any atom is 0.232 e. The zero-order valence-electron chi connectivity index (χ0n) is 17.1. The summed E-state index contributed by atoms with van der Waals surface area (Å²) in [4.78, 5) is 15.0. The second kappa shape index (κ2) is 10.5. The Morgan fingerprint density at radius 1 is 1.11 bits per heavy atom. The number of aromatic nitrogens is 2. The molecule has 0 N–H and O–H groups in total. The lowest BCUT2D eigenvalue weighted by Gasteiger charge is -2.32. The molecule has 0 radical (unpaired) electrons. The summed E-state index contributed by atoms with van der Waals surface area (Å²) in [6.45, 7) is 6.81. The molecule has 6 nitrogen and oxygen atoms in total. The number of anilines is 1. The molecular weight excluding hydrogens is 372 g/mol. The van der Waals surface area contributed by atoms with Crippen LogP contribution in [-0.2, 0) is 5.75 Å². The number of likely N-dealkylation sites (N-methyl/N-ethyl adjacent to an activating group) is 1. The summed E-state index contributed by atoms with van der Waals surface area (Å²) in [7, 11) is 3.83. The normalized spacial score (nSPS) is 14.9. The molecule has 0 amide bonds. The highest BCUT2D eigenvalue weighted by molar-refractivity contribution is 7.98. The molecule has 1 aromatic heterocycles. The van der Waals surface area contributed by atoms with Gasteiger partial charge in [0.2, 0.25) is 11.8 Å². The van der Waals surface area contributed by atoms with Crippen molar-refractivity contribution in [1.82, 2.24) is 14.9 Å². The SMILES string of the molecule is CCCCOc1nc(N2CCN(C)CC2)ncc1SCc1ccc(OC)cc1. The maximum absolute atomic E-state index is 6.03. The molecule has 1 aliphatic heterocycles. The lowest BCUT2D eigenvalue weighted by atomic mass is 10.2. The summed E-state index contributed by atoms with van der Waals surface area (Å²) in [5, 5.41) is 0. The molecule has 7 heteroatoms. The van der Waals surface area contributed by atoms with Crippen LogP contribution < -0.4 is 14.4 Å². The number of unbranched alkanes of at least 4 members (excludes halogenated alkanes) is 1.